The smallest absolute Gasteiger partial charge is 0.215 e. The molecule has 0 saturated carbocycles. The van der Waals surface area contributed by atoms with Gasteiger partial charge in [0.15, 0.2) is 0 Å². The summed E-state index contributed by atoms with van der Waals surface area (Å²) >= 11 is 1.43. The van der Waals surface area contributed by atoms with E-state index in [0.717, 1.165) is 5.01 Å². The minimum Gasteiger partial charge on any atom is -0.492 e. The number of nitrogens with one attached hydrogen (secondary N) is 1. The molecule has 0 aliphatic rings. The topological polar surface area (TPSA) is 68.3 Å². The zero-order chi connectivity index (χ0) is 17.6. The lowest BCUT2D eigenvalue weighted by Gasteiger charge is -2.18. The molecule has 0 aliphatic heterocycles. The first-order valence-electron chi connectivity index (χ1n) is 7.63. The molecule has 1 N–H and O–H groups in total. The molecule has 1 aromatic heterocycles. The van der Waals surface area contributed by atoms with E-state index < -0.39 is 10.0 Å². The van der Waals surface area contributed by atoms with Crippen molar-refractivity contribution in [2.24, 2.45) is 5.92 Å². The summed E-state index contributed by atoms with van der Waals surface area (Å²) in [4.78, 5) is 4.21. The molecular weight excluding hydrogens is 351 g/mol. The Kier molecular flexibility index (Phi) is 6.70. The minimum atomic E-state index is -3.51. The van der Waals surface area contributed by atoms with Crippen molar-refractivity contribution in [3.05, 3.63) is 46.7 Å². The lowest BCUT2D eigenvalue weighted by molar-refractivity contribution is 0.339. The number of hydrogen-bond donors (Lipinski definition) is 1. The van der Waals surface area contributed by atoms with Crippen molar-refractivity contribution >= 4 is 21.4 Å². The van der Waals surface area contributed by atoms with E-state index in [0.29, 0.717) is 18.1 Å². The second-order valence-corrected chi connectivity index (χ2v) is 8.59. The molecule has 0 spiro atoms. The van der Waals surface area contributed by atoms with Crippen LogP contribution < -0.4 is 9.46 Å². The summed E-state index contributed by atoms with van der Waals surface area (Å²) < 4.78 is 45.4. The number of ether oxygens (including phenoxy) is 1. The van der Waals surface area contributed by atoms with E-state index in [9.17, 15) is 12.8 Å². The van der Waals surface area contributed by atoms with E-state index >= 15 is 0 Å². The largest absolute Gasteiger partial charge is 0.492 e. The molecule has 1 atom stereocenters. The Morgan fingerprint density at radius 1 is 1.29 bits per heavy atom. The first-order valence-corrected chi connectivity index (χ1v) is 10.2. The van der Waals surface area contributed by atoms with E-state index in [2.05, 4.69) is 9.71 Å². The second-order valence-electron chi connectivity index (χ2n) is 5.79. The number of hydrogen-bond acceptors (Lipinski definition) is 5. The number of benzene rings is 1. The highest BCUT2D eigenvalue weighted by Crippen LogP contribution is 2.24. The summed E-state index contributed by atoms with van der Waals surface area (Å²) in [6.45, 7) is 4.06. The molecule has 0 aliphatic carbocycles. The maximum Gasteiger partial charge on any atom is 0.215 e. The fraction of sp³-hybridized carbons (Fsp3) is 0.438. The molecule has 0 bridgehead atoms. The average molecular weight is 372 g/mol. The number of aromatic nitrogens is 1. The summed E-state index contributed by atoms with van der Waals surface area (Å²) in [5.41, 5.74) is 0. The maximum absolute atomic E-state index is 12.8. The first kappa shape index (κ1) is 18.8. The molecule has 1 heterocycles. The highest BCUT2D eigenvalue weighted by atomic mass is 32.2. The number of thiazole rings is 1. The lowest BCUT2D eigenvalue weighted by Crippen LogP contribution is -2.33. The zero-order valence-corrected chi connectivity index (χ0v) is 15.2. The van der Waals surface area contributed by atoms with Crippen molar-refractivity contribution < 1.29 is 17.5 Å². The van der Waals surface area contributed by atoms with Crippen LogP contribution in [0.25, 0.3) is 0 Å². The molecule has 2 rings (SSSR count). The predicted octanol–water partition coefficient (Wildman–Crippen LogP) is 3.37. The summed E-state index contributed by atoms with van der Waals surface area (Å²) in [5.74, 6) is 0.226. The van der Waals surface area contributed by atoms with Gasteiger partial charge in [0.25, 0.3) is 0 Å². The predicted molar refractivity (Wildman–Crippen MR) is 93.1 cm³/mol. The van der Waals surface area contributed by atoms with E-state index in [-0.39, 0.29) is 24.2 Å². The average Bonchev–Trinajstić information content (AvgIpc) is 3.02. The van der Waals surface area contributed by atoms with Gasteiger partial charge in [-0.25, -0.2) is 22.5 Å². The Labute approximate surface area is 145 Å². The van der Waals surface area contributed by atoms with Crippen molar-refractivity contribution in [1.29, 1.82) is 0 Å². The number of halogens is 1. The van der Waals surface area contributed by atoms with Gasteiger partial charge >= 0.3 is 0 Å². The van der Waals surface area contributed by atoms with Crippen LogP contribution in [0.4, 0.5) is 4.39 Å². The van der Waals surface area contributed by atoms with Crippen LogP contribution in [0.2, 0.25) is 0 Å². The van der Waals surface area contributed by atoms with Crippen molar-refractivity contribution in [2.45, 2.75) is 26.3 Å². The molecule has 24 heavy (non-hydrogen) atoms. The second kappa shape index (κ2) is 8.55. The molecule has 132 valence electrons. The van der Waals surface area contributed by atoms with Crippen LogP contribution >= 0.6 is 11.3 Å². The summed E-state index contributed by atoms with van der Waals surface area (Å²) in [5, 5.41) is 2.58. The molecule has 1 aromatic carbocycles. The molecule has 0 saturated heterocycles. The number of nitrogens with zero attached hydrogens (tertiary/aromatic N) is 1. The molecule has 0 amide bonds. The van der Waals surface area contributed by atoms with Crippen LogP contribution in [0.3, 0.4) is 0 Å². The van der Waals surface area contributed by atoms with E-state index in [4.69, 9.17) is 4.74 Å². The van der Waals surface area contributed by atoms with Crippen molar-refractivity contribution in [3.8, 4) is 5.75 Å². The summed E-state index contributed by atoms with van der Waals surface area (Å²) in [6.07, 6.45) is 2.34. The Bertz CT molecular complexity index is 716. The molecular formula is C16H21FN2O3S2. The van der Waals surface area contributed by atoms with Gasteiger partial charge in [-0.1, -0.05) is 13.8 Å². The minimum absolute atomic E-state index is 0.00671. The third kappa shape index (κ3) is 6.18. The Morgan fingerprint density at radius 2 is 2.00 bits per heavy atom. The van der Waals surface area contributed by atoms with E-state index in [1.165, 1.54) is 35.6 Å². The molecule has 5 nitrogen and oxygen atoms in total. The number of sulfonamides is 1. The molecule has 2 aromatic rings. The van der Waals surface area contributed by atoms with Crippen LogP contribution in [-0.4, -0.2) is 25.8 Å². The van der Waals surface area contributed by atoms with E-state index in [1.54, 1.807) is 6.20 Å². The highest BCUT2D eigenvalue weighted by molar-refractivity contribution is 7.89. The fourth-order valence-electron chi connectivity index (χ4n) is 2.15. The van der Waals surface area contributed by atoms with Gasteiger partial charge in [0.05, 0.1) is 11.8 Å². The lowest BCUT2D eigenvalue weighted by atomic mass is 10.1. The highest BCUT2D eigenvalue weighted by Gasteiger charge is 2.22. The van der Waals surface area contributed by atoms with Crippen LogP contribution in [0.15, 0.2) is 35.8 Å². The van der Waals surface area contributed by atoms with Gasteiger partial charge in [0.2, 0.25) is 10.0 Å². The standard InChI is InChI=1S/C16H21FN2O3S2/c1-12(2)11-15(16-18-7-9-23-16)19-24(20,21)10-8-22-14-5-3-13(17)4-6-14/h3-7,9,12,15,19H,8,10-11H2,1-2H3. The molecule has 1 unspecified atom stereocenters. The van der Waals surface area contributed by atoms with Crippen LogP contribution in [0, 0.1) is 11.7 Å². The van der Waals surface area contributed by atoms with Gasteiger partial charge in [-0.3, -0.25) is 0 Å². The van der Waals surface area contributed by atoms with Crippen LogP contribution in [0.1, 0.15) is 31.3 Å². The van der Waals surface area contributed by atoms with Gasteiger partial charge < -0.3 is 4.74 Å². The maximum atomic E-state index is 12.8. The van der Waals surface area contributed by atoms with Crippen molar-refractivity contribution in [3.63, 3.8) is 0 Å². The van der Waals surface area contributed by atoms with Crippen LogP contribution in [-0.2, 0) is 10.0 Å². The molecule has 0 fully saturated rings. The molecule has 8 heteroatoms. The summed E-state index contributed by atoms with van der Waals surface area (Å²) in [6, 6.07) is 5.13. The number of rotatable bonds is 9. The Hall–Kier alpha value is -1.51. The SMILES string of the molecule is CC(C)CC(NS(=O)(=O)CCOc1ccc(F)cc1)c1nccs1. The van der Waals surface area contributed by atoms with Crippen molar-refractivity contribution in [1.82, 2.24) is 9.71 Å². The van der Waals surface area contributed by atoms with Gasteiger partial charge in [-0.15, -0.1) is 11.3 Å². The normalized spacial score (nSPS) is 13.2. The van der Waals surface area contributed by atoms with Gasteiger partial charge in [0, 0.05) is 11.6 Å². The van der Waals surface area contributed by atoms with Gasteiger partial charge in [-0.05, 0) is 36.6 Å². The quantitative estimate of drug-likeness (QED) is 0.733. The summed E-state index contributed by atoms with van der Waals surface area (Å²) in [7, 11) is -3.51. The Morgan fingerprint density at radius 3 is 2.58 bits per heavy atom. The third-order valence-electron chi connectivity index (χ3n) is 3.21. The van der Waals surface area contributed by atoms with Gasteiger partial charge in [0.1, 0.15) is 23.2 Å². The van der Waals surface area contributed by atoms with Gasteiger partial charge in [-0.2, -0.15) is 0 Å². The zero-order valence-electron chi connectivity index (χ0n) is 13.6. The molecule has 0 radical (unpaired) electrons. The monoisotopic (exact) mass is 372 g/mol. The third-order valence-corrected chi connectivity index (χ3v) is 5.45. The fourth-order valence-corrected chi connectivity index (χ4v) is 3.99. The van der Waals surface area contributed by atoms with E-state index in [1.807, 2.05) is 19.2 Å². The van der Waals surface area contributed by atoms with Crippen LogP contribution in [0.5, 0.6) is 5.75 Å². The Balaban J connectivity index is 1.92. The van der Waals surface area contributed by atoms with Crippen molar-refractivity contribution in [2.75, 3.05) is 12.4 Å². The first-order chi connectivity index (χ1) is 11.4.